The maximum Gasteiger partial charge on any atom is 0.249 e. The second-order valence-corrected chi connectivity index (χ2v) is 3.06. The smallest absolute Gasteiger partial charge is 0.249 e. The van der Waals surface area contributed by atoms with Crippen LogP contribution in [-0.2, 0) is 9.59 Å². The van der Waals surface area contributed by atoms with Gasteiger partial charge in [0.05, 0.1) is 5.70 Å². The standard InChI is InChI=1S/C10H8N2O2/c11-7-3-1-2-5-6(7)4-8(13)10(14)9(5)12/h1-4H,11-12H2. The third kappa shape index (κ3) is 1.01. The van der Waals surface area contributed by atoms with Crippen LogP contribution in [0.2, 0.25) is 0 Å². The minimum atomic E-state index is -0.664. The molecule has 1 aliphatic rings. The van der Waals surface area contributed by atoms with Crippen LogP contribution in [0.1, 0.15) is 0 Å². The van der Waals surface area contributed by atoms with Gasteiger partial charge < -0.3 is 11.5 Å². The molecule has 0 spiro atoms. The lowest BCUT2D eigenvalue weighted by molar-refractivity contribution is -0.129. The molecule has 4 nitrogen and oxygen atoms in total. The molecule has 4 N–H and O–H groups in total. The number of hydrogen-bond acceptors (Lipinski definition) is 4. The monoisotopic (exact) mass is 188 g/mol. The first-order valence-corrected chi connectivity index (χ1v) is 4.06. The molecule has 0 saturated heterocycles. The summed E-state index contributed by atoms with van der Waals surface area (Å²) in [6, 6.07) is 5.02. The SMILES string of the molecule is NC1=c2cccc(N)c2=CC(=O)C1=O. The second kappa shape index (κ2) is 2.70. The molecule has 70 valence electrons. The van der Waals surface area contributed by atoms with E-state index < -0.39 is 11.6 Å². The summed E-state index contributed by atoms with van der Waals surface area (Å²) >= 11 is 0. The molecule has 0 atom stereocenters. The summed E-state index contributed by atoms with van der Waals surface area (Å²) < 4.78 is 0. The number of carbonyl (C=O) groups excluding carboxylic acids is 2. The molecular weight excluding hydrogens is 180 g/mol. The average Bonchev–Trinajstić information content (AvgIpc) is 2.17. The van der Waals surface area contributed by atoms with E-state index in [0.29, 0.717) is 16.1 Å². The molecule has 0 heterocycles. The van der Waals surface area contributed by atoms with Crippen molar-refractivity contribution in [1.29, 1.82) is 0 Å². The van der Waals surface area contributed by atoms with E-state index in [1.807, 2.05) is 0 Å². The fraction of sp³-hybridized carbons (Fsp3) is 0. The Morgan fingerprint density at radius 2 is 1.79 bits per heavy atom. The number of hydrogen-bond donors (Lipinski definition) is 2. The highest BCUT2D eigenvalue weighted by molar-refractivity contribution is 6.60. The molecule has 1 aromatic carbocycles. The number of benzene rings is 1. The fourth-order valence-corrected chi connectivity index (χ4v) is 1.43. The lowest BCUT2D eigenvalue weighted by atomic mass is 10.0. The predicted octanol–water partition coefficient (Wildman–Crippen LogP) is -1.73. The molecule has 0 aromatic heterocycles. The van der Waals surface area contributed by atoms with Crippen molar-refractivity contribution in [2.24, 2.45) is 5.73 Å². The van der Waals surface area contributed by atoms with Crippen LogP contribution in [0.5, 0.6) is 0 Å². The van der Waals surface area contributed by atoms with Gasteiger partial charge in [-0.15, -0.1) is 0 Å². The van der Waals surface area contributed by atoms with Gasteiger partial charge in [0.1, 0.15) is 0 Å². The maximum absolute atomic E-state index is 11.2. The zero-order valence-corrected chi connectivity index (χ0v) is 7.28. The van der Waals surface area contributed by atoms with Gasteiger partial charge in [0.2, 0.25) is 11.6 Å². The largest absolute Gasteiger partial charge is 0.398 e. The number of fused-ring (bicyclic) bond motifs is 1. The number of Topliss-reactive ketones (excluding diaryl/α,β-unsaturated/α-hetero) is 2. The van der Waals surface area contributed by atoms with Gasteiger partial charge in [0.15, 0.2) is 0 Å². The van der Waals surface area contributed by atoms with Crippen LogP contribution >= 0.6 is 0 Å². The quantitative estimate of drug-likeness (QED) is 0.374. The molecule has 14 heavy (non-hydrogen) atoms. The van der Waals surface area contributed by atoms with Gasteiger partial charge in [-0.25, -0.2) is 0 Å². The molecule has 2 rings (SSSR count). The van der Waals surface area contributed by atoms with Crippen LogP contribution in [0.15, 0.2) is 18.2 Å². The van der Waals surface area contributed by atoms with Gasteiger partial charge in [0.25, 0.3) is 0 Å². The average molecular weight is 188 g/mol. The Kier molecular flexibility index (Phi) is 1.64. The zero-order chi connectivity index (χ0) is 10.3. The van der Waals surface area contributed by atoms with Crippen molar-refractivity contribution in [3.05, 3.63) is 28.6 Å². The molecule has 0 fully saturated rings. The van der Waals surface area contributed by atoms with E-state index in [1.54, 1.807) is 18.2 Å². The van der Waals surface area contributed by atoms with Crippen LogP contribution in [0.25, 0.3) is 11.8 Å². The van der Waals surface area contributed by atoms with Crippen LogP contribution in [0.3, 0.4) is 0 Å². The van der Waals surface area contributed by atoms with Gasteiger partial charge in [-0.2, -0.15) is 0 Å². The number of carbonyl (C=O) groups is 2. The van der Waals surface area contributed by atoms with Crippen LogP contribution in [0, 0.1) is 0 Å². The first-order chi connectivity index (χ1) is 6.61. The number of ketones is 2. The highest BCUT2D eigenvalue weighted by atomic mass is 16.2. The number of rotatable bonds is 0. The molecule has 0 amide bonds. The molecule has 0 aliphatic heterocycles. The molecular formula is C10H8N2O2. The highest BCUT2D eigenvalue weighted by Gasteiger charge is 2.19. The van der Waals surface area contributed by atoms with E-state index in [0.717, 1.165) is 0 Å². The molecule has 1 aromatic rings. The first-order valence-electron chi connectivity index (χ1n) is 4.06. The first kappa shape index (κ1) is 8.50. The van der Waals surface area contributed by atoms with Gasteiger partial charge in [-0.1, -0.05) is 12.1 Å². The number of nitrogens with two attached hydrogens (primary N) is 2. The van der Waals surface area contributed by atoms with Gasteiger partial charge in [0, 0.05) is 16.1 Å². The Morgan fingerprint density at radius 3 is 2.50 bits per heavy atom. The van der Waals surface area contributed by atoms with E-state index in [-0.39, 0.29) is 5.70 Å². The number of nitrogen functional groups attached to an aromatic ring is 1. The molecule has 0 unspecified atom stereocenters. The summed E-state index contributed by atoms with van der Waals surface area (Å²) in [6.07, 6.45) is 1.23. The van der Waals surface area contributed by atoms with E-state index in [2.05, 4.69) is 0 Å². The van der Waals surface area contributed by atoms with Crippen molar-refractivity contribution < 1.29 is 9.59 Å². The topological polar surface area (TPSA) is 86.2 Å². The van der Waals surface area contributed by atoms with Crippen LogP contribution in [0.4, 0.5) is 5.69 Å². The lowest BCUT2D eigenvalue weighted by Crippen LogP contribution is -2.41. The Balaban J connectivity index is 3.02. The van der Waals surface area contributed by atoms with Crippen molar-refractivity contribution in [1.82, 2.24) is 0 Å². The molecule has 0 saturated carbocycles. The summed E-state index contributed by atoms with van der Waals surface area (Å²) in [5.41, 5.74) is 11.6. The Bertz CT molecular complexity index is 558. The summed E-state index contributed by atoms with van der Waals surface area (Å²) in [5, 5.41) is 1.07. The van der Waals surface area contributed by atoms with Gasteiger partial charge in [-0.05, 0) is 12.1 Å². The minimum Gasteiger partial charge on any atom is -0.398 e. The van der Waals surface area contributed by atoms with E-state index in [9.17, 15) is 9.59 Å². The second-order valence-electron chi connectivity index (χ2n) is 3.06. The molecule has 1 aliphatic carbocycles. The zero-order valence-electron chi connectivity index (χ0n) is 7.28. The lowest BCUT2D eigenvalue weighted by Gasteiger charge is -2.05. The summed E-state index contributed by atoms with van der Waals surface area (Å²) in [5.74, 6) is -1.28. The van der Waals surface area contributed by atoms with E-state index in [1.165, 1.54) is 6.08 Å². The van der Waals surface area contributed by atoms with Crippen molar-refractivity contribution in [3.63, 3.8) is 0 Å². The third-order valence-electron chi connectivity index (χ3n) is 2.17. The highest BCUT2D eigenvalue weighted by Crippen LogP contribution is 1.96. The normalized spacial score (nSPS) is 15.0. The minimum absolute atomic E-state index is 0.0280. The fourth-order valence-electron chi connectivity index (χ4n) is 1.43. The maximum atomic E-state index is 11.2. The van der Waals surface area contributed by atoms with Gasteiger partial charge >= 0.3 is 0 Å². The number of anilines is 1. The summed E-state index contributed by atoms with van der Waals surface area (Å²) in [7, 11) is 0. The van der Waals surface area contributed by atoms with Crippen molar-refractivity contribution in [3.8, 4) is 0 Å². The molecule has 0 radical (unpaired) electrons. The van der Waals surface area contributed by atoms with E-state index >= 15 is 0 Å². The van der Waals surface area contributed by atoms with Crippen molar-refractivity contribution in [2.45, 2.75) is 0 Å². The van der Waals surface area contributed by atoms with E-state index in [4.69, 9.17) is 11.5 Å². The van der Waals surface area contributed by atoms with Crippen LogP contribution in [-0.4, -0.2) is 11.6 Å². The van der Waals surface area contributed by atoms with Crippen LogP contribution < -0.4 is 21.9 Å². The predicted molar refractivity (Wildman–Crippen MR) is 52.2 cm³/mol. The third-order valence-corrected chi connectivity index (χ3v) is 2.17. The van der Waals surface area contributed by atoms with Crippen molar-refractivity contribution in [2.75, 3.05) is 5.73 Å². The van der Waals surface area contributed by atoms with Gasteiger partial charge in [-0.3, -0.25) is 9.59 Å². The Labute approximate surface area is 79.5 Å². The summed E-state index contributed by atoms with van der Waals surface area (Å²) in [6.45, 7) is 0. The summed E-state index contributed by atoms with van der Waals surface area (Å²) in [4.78, 5) is 22.4. The molecule has 4 heteroatoms. The molecule has 0 bridgehead atoms. The van der Waals surface area contributed by atoms with Crippen molar-refractivity contribution >= 4 is 29.0 Å². The Morgan fingerprint density at radius 1 is 1.07 bits per heavy atom. The Hall–Kier alpha value is -2.10.